The quantitative estimate of drug-likeness (QED) is 0.688. The minimum atomic E-state index is 0.251. The van der Waals surface area contributed by atoms with Crippen molar-refractivity contribution in [1.82, 2.24) is 4.90 Å². The molecule has 0 aliphatic rings. The number of nitrogens with two attached hydrogens (primary N) is 1. The number of nitrogens with zero attached hydrogens (tertiary/aromatic N) is 1. The monoisotopic (exact) mass is 277 g/mol. The maximum absolute atomic E-state index is 6.10. The Morgan fingerprint density at radius 3 is 2.60 bits per heavy atom. The van der Waals surface area contributed by atoms with E-state index >= 15 is 0 Å². The maximum Gasteiger partial charge on any atom is 0.0343 e. The summed E-state index contributed by atoms with van der Waals surface area (Å²) in [5.74, 6) is 0. The first kappa shape index (κ1) is 17.0. The molecule has 3 heteroatoms. The van der Waals surface area contributed by atoms with Crippen LogP contribution in [-0.4, -0.2) is 30.6 Å². The molecule has 0 aliphatic carbocycles. The second-order valence-corrected chi connectivity index (χ2v) is 5.44. The van der Waals surface area contributed by atoms with Crippen LogP contribution < -0.4 is 11.1 Å². The molecule has 1 rings (SSSR count). The standard InChI is InChI=1S/C17H31N3/c1-4-7-10-16(18)13-19-17-11-8-9-15(12-17)14-20(5-2)6-3/h8-9,11-12,16,19H,4-7,10,13-14,18H2,1-3H3. The molecule has 0 radical (unpaired) electrons. The third-order valence-electron chi connectivity index (χ3n) is 3.72. The molecule has 1 unspecified atom stereocenters. The lowest BCUT2D eigenvalue weighted by Gasteiger charge is -2.19. The highest BCUT2D eigenvalue weighted by Gasteiger charge is 2.04. The van der Waals surface area contributed by atoms with Crippen molar-refractivity contribution in [2.24, 2.45) is 5.73 Å². The van der Waals surface area contributed by atoms with E-state index in [1.54, 1.807) is 0 Å². The fourth-order valence-corrected chi connectivity index (χ4v) is 2.30. The van der Waals surface area contributed by atoms with E-state index in [0.29, 0.717) is 0 Å². The first-order valence-electron chi connectivity index (χ1n) is 8.00. The number of benzene rings is 1. The van der Waals surface area contributed by atoms with Crippen LogP contribution in [0.4, 0.5) is 5.69 Å². The summed E-state index contributed by atoms with van der Waals surface area (Å²) in [6.45, 7) is 10.7. The van der Waals surface area contributed by atoms with Crippen LogP contribution in [0.5, 0.6) is 0 Å². The van der Waals surface area contributed by atoms with Gasteiger partial charge in [-0.25, -0.2) is 0 Å². The summed E-state index contributed by atoms with van der Waals surface area (Å²) in [7, 11) is 0. The van der Waals surface area contributed by atoms with Crippen LogP contribution in [0.2, 0.25) is 0 Å². The van der Waals surface area contributed by atoms with Crippen molar-refractivity contribution < 1.29 is 0 Å². The Kier molecular flexibility index (Phi) is 8.31. The molecule has 0 spiro atoms. The highest BCUT2D eigenvalue weighted by molar-refractivity contribution is 5.45. The molecule has 0 saturated heterocycles. The summed E-state index contributed by atoms with van der Waals surface area (Å²) in [6, 6.07) is 8.93. The van der Waals surface area contributed by atoms with Gasteiger partial charge >= 0.3 is 0 Å². The van der Waals surface area contributed by atoms with E-state index in [4.69, 9.17) is 5.73 Å². The van der Waals surface area contributed by atoms with Crippen molar-refractivity contribution in [3.63, 3.8) is 0 Å². The second kappa shape index (κ2) is 9.78. The summed E-state index contributed by atoms with van der Waals surface area (Å²) in [6.07, 6.45) is 3.53. The Labute approximate surface area is 124 Å². The highest BCUT2D eigenvalue weighted by atomic mass is 15.1. The van der Waals surface area contributed by atoms with Gasteiger partial charge in [0, 0.05) is 24.8 Å². The summed E-state index contributed by atoms with van der Waals surface area (Å²) in [4.78, 5) is 2.42. The van der Waals surface area contributed by atoms with Gasteiger partial charge in [-0.15, -0.1) is 0 Å². The van der Waals surface area contributed by atoms with Gasteiger partial charge < -0.3 is 11.1 Å². The van der Waals surface area contributed by atoms with Gasteiger partial charge in [0.2, 0.25) is 0 Å². The predicted octanol–water partition coefficient (Wildman–Crippen LogP) is 3.46. The van der Waals surface area contributed by atoms with Crippen LogP contribution in [0.25, 0.3) is 0 Å². The topological polar surface area (TPSA) is 41.3 Å². The van der Waals surface area contributed by atoms with Gasteiger partial charge in [0.05, 0.1) is 0 Å². The average molecular weight is 277 g/mol. The fourth-order valence-electron chi connectivity index (χ4n) is 2.30. The Morgan fingerprint density at radius 2 is 1.95 bits per heavy atom. The van der Waals surface area contributed by atoms with E-state index in [-0.39, 0.29) is 6.04 Å². The molecule has 0 aromatic heterocycles. The third kappa shape index (κ3) is 6.40. The molecule has 1 atom stereocenters. The zero-order valence-corrected chi connectivity index (χ0v) is 13.4. The van der Waals surface area contributed by atoms with Gasteiger partial charge in [-0.1, -0.05) is 45.7 Å². The van der Waals surface area contributed by atoms with Gasteiger partial charge in [0.15, 0.2) is 0 Å². The minimum absolute atomic E-state index is 0.251. The van der Waals surface area contributed by atoms with E-state index in [0.717, 1.165) is 32.6 Å². The zero-order chi connectivity index (χ0) is 14.8. The number of rotatable bonds is 10. The molecule has 3 nitrogen and oxygen atoms in total. The van der Waals surface area contributed by atoms with Crippen LogP contribution in [0, 0.1) is 0 Å². The van der Waals surface area contributed by atoms with Gasteiger partial charge in [-0.05, 0) is 37.2 Å². The SMILES string of the molecule is CCCCC(N)CNc1cccc(CN(CC)CC)c1. The third-order valence-corrected chi connectivity index (χ3v) is 3.72. The molecule has 3 N–H and O–H groups in total. The smallest absolute Gasteiger partial charge is 0.0343 e. The van der Waals surface area contributed by atoms with E-state index < -0.39 is 0 Å². The zero-order valence-electron chi connectivity index (χ0n) is 13.4. The fraction of sp³-hybridized carbons (Fsp3) is 0.647. The second-order valence-electron chi connectivity index (χ2n) is 5.44. The van der Waals surface area contributed by atoms with Crippen LogP contribution in [-0.2, 0) is 6.54 Å². The first-order chi connectivity index (χ1) is 9.69. The number of nitrogens with one attached hydrogen (secondary N) is 1. The van der Waals surface area contributed by atoms with Crippen LogP contribution >= 0.6 is 0 Å². The molecule has 1 aromatic rings. The van der Waals surface area contributed by atoms with Gasteiger partial charge in [0.25, 0.3) is 0 Å². The lowest BCUT2D eigenvalue weighted by atomic mass is 10.1. The largest absolute Gasteiger partial charge is 0.383 e. The van der Waals surface area contributed by atoms with Crippen LogP contribution in [0.15, 0.2) is 24.3 Å². The van der Waals surface area contributed by atoms with Crippen molar-refractivity contribution in [2.75, 3.05) is 25.0 Å². The molecule has 0 aliphatic heterocycles. The molecule has 114 valence electrons. The van der Waals surface area contributed by atoms with Crippen molar-refractivity contribution in [2.45, 2.75) is 52.6 Å². The molecule has 1 aromatic carbocycles. The predicted molar refractivity (Wildman–Crippen MR) is 89.1 cm³/mol. The van der Waals surface area contributed by atoms with E-state index in [2.05, 4.69) is 55.3 Å². The molecule has 20 heavy (non-hydrogen) atoms. The first-order valence-corrected chi connectivity index (χ1v) is 8.00. The minimum Gasteiger partial charge on any atom is -0.383 e. The summed E-state index contributed by atoms with van der Waals surface area (Å²) >= 11 is 0. The molecule has 0 saturated carbocycles. The maximum atomic E-state index is 6.10. The molecular weight excluding hydrogens is 246 g/mol. The average Bonchev–Trinajstić information content (AvgIpc) is 2.49. The van der Waals surface area contributed by atoms with Gasteiger partial charge in [0.1, 0.15) is 0 Å². The Bertz CT molecular complexity index is 361. The van der Waals surface area contributed by atoms with Crippen molar-refractivity contribution in [3.05, 3.63) is 29.8 Å². The van der Waals surface area contributed by atoms with E-state index in [1.165, 1.54) is 24.1 Å². The normalized spacial score (nSPS) is 12.7. The molecule has 0 heterocycles. The molecular formula is C17H31N3. The molecule has 0 fully saturated rings. The van der Waals surface area contributed by atoms with Gasteiger partial charge in [-0.2, -0.15) is 0 Å². The Hall–Kier alpha value is -1.06. The number of hydrogen-bond donors (Lipinski definition) is 2. The van der Waals surface area contributed by atoms with Crippen LogP contribution in [0.1, 0.15) is 45.6 Å². The van der Waals surface area contributed by atoms with E-state index in [1.807, 2.05) is 0 Å². The summed E-state index contributed by atoms with van der Waals surface area (Å²) in [5.41, 5.74) is 8.64. The van der Waals surface area contributed by atoms with E-state index in [9.17, 15) is 0 Å². The van der Waals surface area contributed by atoms with Crippen LogP contribution in [0.3, 0.4) is 0 Å². The number of unbranched alkanes of at least 4 members (excludes halogenated alkanes) is 1. The summed E-state index contributed by atoms with van der Waals surface area (Å²) < 4.78 is 0. The van der Waals surface area contributed by atoms with Crippen molar-refractivity contribution in [1.29, 1.82) is 0 Å². The Balaban J connectivity index is 2.47. The molecule has 0 amide bonds. The Morgan fingerprint density at radius 1 is 1.20 bits per heavy atom. The lowest BCUT2D eigenvalue weighted by molar-refractivity contribution is 0.296. The number of hydrogen-bond acceptors (Lipinski definition) is 3. The molecule has 0 bridgehead atoms. The highest BCUT2D eigenvalue weighted by Crippen LogP contribution is 2.13. The summed E-state index contributed by atoms with van der Waals surface area (Å²) in [5, 5.41) is 3.46. The van der Waals surface area contributed by atoms with Crippen molar-refractivity contribution >= 4 is 5.69 Å². The van der Waals surface area contributed by atoms with Crippen molar-refractivity contribution in [3.8, 4) is 0 Å². The lowest BCUT2D eigenvalue weighted by Crippen LogP contribution is -2.29. The number of anilines is 1. The van der Waals surface area contributed by atoms with Gasteiger partial charge in [-0.3, -0.25) is 4.90 Å².